The van der Waals surface area contributed by atoms with Gasteiger partial charge in [-0.05, 0) is 60.9 Å². The van der Waals surface area contributed by atoms with Gasteiger partial charge in [0, 0.05) is 11.1 Å². The summed E-state index contributed by atoms with van der Waals surface area (Å²) < 4.78 is 5.28. The lowest BCUT2D eigenvalue weighted by molar-refractivity contribution is -0.150. The molecular formula is C20H19N3O3S2. The fourth-order valence-corrected chi connectivity index (χ4v) is 4.75. The fraction of sp³-hybridized carbons (Fsp3) is 0.300. The number of nitrogens with one attached hydrogen (secondary N) is 1. The van der Waals surface area contributed by atoms with Crippen LogP contribution in [0.2, 0.25) is 0 Å². The summed E-state index contributed by atoms with van der Waals surface area (Å²) in [5.74, 6) is -0.708. The van der Waals surface area contributed by atoms with Gasteiger partial charge in [-0.25, -0.2) is 9.97 Å². The largest absolute Gasteiger partial charge is 0.452 e. The van der Waals surface area contributed by atoms with Crippen LogP contribution < -0.4 is 5.32 Å². The third-order valence-electron chi connectivity index (χ3n) is 4.60. The van der Waals surface area contributed by atoms with E-state index in [1.807, 2.05) is 23.6 Å². The van der Waals surface area contributed by atoms with Gasteiger partial charge in [0.1, 0.15) is 16.2 Å². The zero-order valence-corrected chi connectivity index (χ0v) is 16.9. The van der Waals surface area contributed by atoms with Crippen molar-refractivity contribution in [2.75, 3.05) is 11.1 Å². The molecule has 6 nitrogen and oxygen atoms in total. The highest BCUT2D eigenvalue weighted by Gasteiger charge is 2.19. The first-order valence-electron chi connectivity index (χ1n) is 9.03. The van der Waals surface area contributed by atoms with Gasteiger partial charge >= 0.3 is 5.97 Å². The molecule has 144 valence electrons. The molecule has 0 radical (unpaired) electrons. The predicted octanol–water partition coefficient (Wildman–Crippen LogP) is 3.84. The number of benzene rings is 1. The number of amides is 1. The molecule has 0 aliphatic heterocycles. The van der Waals surface area contributed by atoms with Crippen LogP contribution in [0.25, 0.3) is 10.2 Å². The first kappa shape index (κ1) is 18.9. The Hall–Kier alpha value is -2.45. The van der Waals surface area contributed by atoms with Crippen molar-refractivity contribution in [3.63, 3.8) is 0 Å². The Labute approximate surface area is 170 Å². The average Bonchev–Trinajstić information content (AvgIpc) is 3.35. The van der Waals surface area contributed by atoms with Gasteiger partial charge in [0.15, 0.2) is 6.10 Å². The number of carbonyl (C=O) groups excluding carboxylic acids is 2. The molecule has 8 heteroatoms. The molecule has 4 rings (SSSR count). The van der Waals surface area contributed by atoms with E-state index in [0.717, 1.165) is 40.2 Å². The quantitative estimate of drug-likeness (QED) is 0.376. The van der Waals surface area contributed by atoms with Gasteiger partial charge in [0.05, 0.1) is 5.75 Å². The highest BCUT2D eigenvalue weighted by Crippen LogP contribution is 2.28. The van der Waals surface area contributed by atoms with Crippen molar-refractivity contribution in [3.8, 4) is 0 Å². The molecule has 0 spiro atoms. The summed E-state index contributed by atoms with van der Waals surface area (Å²) in [6, 6.07) is 7.89. The Balaban J connectivity index is 1.30. The normalized spacial score (nSPS) is 13.9. The number of carbonyl (C=O) groups is 2. The second-order valence-corrected chi connectivity index (χ2v) is 8.42. The number of rotatable bonds is 6. The van der Waals surface area contributed by atoms with Gasteiger partial charge in [0.2, 0.25) is 0 Å². The summed E-state index contributed by atoms with van der Waals surface area (Å²) in [5.41, 5.74) is 3.37. The van der Waals surface area contributed by atoms with Gasteiger partial charge in [-0.2, -0.15) is 0 Å². The van der Waals surface area contributed by atoms with E-state index in [1.165, 1.54) is 40.6 Å². The van der Waals surface area contributed by atoms with Crippen molar-refractivity contribution >= 4 is 50.9 Å². The number of hydrogen-bond acceptors (Lipinski definition) is 7. The molecule has 1 aromatic carbocycles. The average molecular weight is 414 g/mol. The van der Waals surface area contributed by atoms with E-state index in [1.54, 1.807) is 6.92 Å². The van der Waals surface area contributed by atoms with Crippen LogP contribution >= 0.6 is 23.1 Å². The molecule has 0 unspecified atom stereocenters. The van der Waals surface area contributed by atoms with Crippen LogP contribution in [-0.2, 0) is 27.2 Å². The lowest BCUT2D eigenvalue weighted by Gasteiger charge is -2.14. The fourth-order valence-electron chi connectivity index (χ4n) is 3.19. The van der Waals surface area contributed by atoms with Gasteiger partial charge in [-0.1, -0.05) is 17.8 Å². The van der Waals surface area contributed by atoms with Crippen molar-refractivity contribution in [3.05, 3.63) is 47.1 Å². The van der Waals surface area contributed by atoms with Crippen molar-refractivity contribution in [1.29, 1.82) is 0 Å². The van der Waals surface area contributed by atoms with Crippen molar-refractivity contribution in [2.45, 2.75) is 37.3 Å². The molecule has 0 saturated carbocycles. The van der Waals surface area contributed by atoms with Crippen LogP contribution in [0.3, 0.4) is 0 Å². The maximum Gasteiger partial charge on any atom is 0.317 e. The van der Waals surface area contributed by atoms with E-state index in [2.05, 4.69) is 21.4 Å². The number of aromatic nitrogens is 2. The Morgan fingerprint density at radius 1 is 1.25 bits per heavy atom. The van der Waals surface area contributed by atoms with Crippen LogP contribution in [0.4, 0.5) is 5.69 Å². The van der Waals surface area contributed by atoms with E-state index in [-0.39, 0.29) is 11.7 Å². The highest BCUT2D eigenvalue weighted by molar-refractivity contribution is 8.00. The lowest BCUT2D eigenvalue weighted by atomic mass is 10.1. The number of fused-ring (bicyclic) bond motifs is 2. The van der Waals surface area contributed by atoms with Crippen molar-refractivity contribution in [2.24, 2.45) is 0 Å². The standard InChI is InChI=1S/C20H19N3O3S2/c1-12(18(25)23-15-6-5-13-3-2-4-14(13)9-15)26-17(24)10-28-20-16-7-8-27-19(16)21-11-22-20/h5-9,11-12H,2-4,10H2,1H3,(H,23,25)/t12-/m0/s1. The molecule has 0 bridgehead atoms. The first-order chi connectivity index (χ1) is 13.6. The summed E-state index contributed by atoms with van der Waals surface area (Å²) in [5, 5.41) is 6.43. The highest BCUT2D eigenvalue weighted by atomic mass is 32.2. The minimum absolute atomic E-state index is 0.0818. The molecular weight excluding hydrogens is 394 g/mol. The smallest absolute Gasteiger partial charge is 0.317 e. The van der Waals surface area contributed by atoms with E-state index >= 15 is 0 Å². The SMILES string of the molecule is C[C@H](OC(=O)CSc1ncnc2sccc12)C(=O)Nc1ccc2c(c1)CCC2. The molecule has 1 amide bonds. The molecule has 1 aliphatic rings. The third kappa shape index (κ3) is 4.18. The zero-order valence-electron chi connectivity index (χ0n) is 15.3. The van der Waals surface area contributed by atoms with Crippen LogP contribution in [0.5, 0.6) is 0 Å². The number of aryl methyl sites for hydroxylation is 2. The minimum atomic E-state index is -0.868. The molecule has 1 aliphatic carbocycles. The Kier molecular flexibility index (Phi) is 5.59. The number of ether oxygens (including phenoxy) is 1. The molecule has 2 heterocycles. The number of hydrogen-bond donors (Lipinski definition) is 1. The molecule has 28 heavy (non-hydrogen) atoms. The Bertz CT molecular complexity index is 1030. The summed E-state index contributed by atoms with van der Waals surface area (Å²) in [7, 11) is 0. The number of thioether (sulfide) groups is 1. The number of thiophene rings is 1. The third-order valence-corrected chi connectivity index (χ3v) is 6.39. The van der Waals surface area contributed by atoms with E-state index < -0.39 is 12.1 Å². The van der Waals surface area contributed by atoms with E-state index in [0.29, 0.717) is 0 Å². The summed E-state index contributed by atoms with van der Waals surface area (Å²) in [6.07, 6.45) is 3.91. The van der Waals surface area contributed by atoms with Crippen molar-refractivity contribution < 1.29 is 14.3 Å². The van der Waals surface area contributed by atoms with Crippen LogP contribution in [-0.4, -0.2) is 33.7 Å². The lowest BCUT2D eigenvalue weighted by Crippen LogP contribution is -2.30. The van der Waals surface area contributed by atoms with Crippen LogP contribution in [0.1, 0.15) is 24.5 Å². The second-order valence-electron chi connectivity index (χ2n) is 6.57. The molecule has 0 saturated heterocycles. The maximum absolute atomic E-state index is 12.3. The zero-order chi connectivity index (χ0) is 19.5. The summed E-state index contributed by atoms with van der Waals surface area (Å²) >= 11 is 2.81. The van der Waals surface area contributed by atoms with Crippen LogP contribution in [0, 0.1) is 0 Å². The van der Waals surface area contributed by atoms with Gasteiger partial charge in [-0.3, -0.25) is 9.59 Å². The van der Waals surface area contributed by atoms with Gasteiger partial charge < -0.3 is 10.1 Å². The molecule has 1 N–H and O–H groups in total. The van der Waals surface area contributed by atoms with Crippen molar-refractivity contribution in [1.82, 2.24) is 9.97 Å². The topological polar surface area (TPSA) is 81.2 Å². The minimum Gasteiger partial charge on any atom is -0.452 e. The summed E-state index contributed by atoms with van der Waals surface area (Å²) in [6.45, 7) is 1.58. The molecule has 3 aromatic rings. The van der Waals surface area contributed by atoms with E-state index in [9.17, 15) is 9.59 Å². The van der Waals surface area contributed by atoms with Gasteiger partial charge in [0.25, 0.3) is 5.91 Å². The summed E-state index contributed by atoms with van der Waals surface area (Å²) in [4.78, 5) is 33.8. The predicted molar refractivity (Wildman–Crippen MR) is 111 cm³/mol. The van der Waals surface area contributed by atoms with Gasteiger partial charge in [-0.15, -0.1) is 11.3 Å². The number of anilines is 1. The Morgan fingerprint density at radius 2 is 2.11 bits per heavy atom. The molecule has 2 aromatic heterocycles. The molecule has 1 atom stereocenters. The first-order valence-corrected chi connectivity index (χ1v) is 10.9. The van der Waals surface area contributed by atoms with E-state index in [4.69, 9.17) is 4.74 Å². The number of esters is 1. The molecule has 0 fully saturated rings. The number of nitrogens with zero attached hydrogens (tertiary/aromatic N) is 2. The second kappa shape index (κ2) is 8.28. The maximum atomic E-state index is 12.3. The monoisotopic (exact) mass is 413 g/mol. The van der Waals surface area contributed by atoms with Crippen LogP contribution in [0.15, 0.2) is 41.0 Å². The Morgan fingerprint density at radius 3 is 3.00 bits per heavy atom.